The highest BCUT2D eigenvalue weighted by atomic mass is 16.4. The normalized spacial score (nSPS) is 13.3. The van der Waals surface area contributed by atoms with Gasteiger partial charge in [0.05, 0.1) is 0 Å². The molecule has 0 aliphatic rings. The molecule has 1 heterocycles. The van der Waals surface area contributed by atoms with E-state index in [1.165, 1.54) is 19.2 Å². The molecule has 94 valence electrons. The number of aromatic carboxylic acids is 1. The molecule has 0 aliphatic carbocycles. The van der Waals surface area contributed by atoms with E-state index in [-0.39, 0.29) is 18.3 Å². The van der Waals surface area contributed by atoms with Crippen molar-refractivity contribution in [1.29, 1.82) is 0 Å². The van der Waals surface area contributed by atoms with Gasteiger partial charge in [-0.25, -0.2) is 9.78 Å². The number of aliphatic carboxylic acids is 1. The molecule has 7 N–H and O–H groups in total. The average molecular weight is 241 g/mol. The van der Waals surface area contributed by atoms with E-state index in [9.17, 15) is 9.59 Å². The largest absolute Gasteiger partial charge is 0.480 e. The van der Waals surface area contributed by atoms with Crippen molar-refractivity contribution >= 4 is 11.9 Å². The standard InChI is InChI=1S/C10H12N2O4.H3N/c1-10(11,9(15)16)5-6-2-3-12-7(4-6)8(13)14;/h2-4H,5,11H2,1H3,(H,13,14)(H,15,16);1H3/t10-;/m1./s1. The van der Waals surface area contributed by atoms with Gasteiger partial charge in [-0.2, -0.15) is 0 Å². The van der Waals surface area contributed by atoms with Crippen molar-refractivity contribution in [1.82, 2.24) is 11.1 Å². The van der Waals surface area contributed by atoms with Crippen molar-refractivity contribution in [3.63, 3.8) is 0 Å². The summed E-state index contributed by atoms with van der Waals surface area (Å²) in [5.41, 5.74) is 4.53. The third-order valence-corrected chi connectivity index (χ3v) is 2.10. The Labute approximate surface area is 97.9 Å². The average Bonchev–Trinajstić information content (AvgIpc) is 2.17. The molecule has 0 aliphatic heterocycles. The SMILES string of the molecule is C[C@@](N)(Cc1ccnc(C(=O)O)c1)C(=O)O.N. The fraction of sp³-hybridized carbons (Fsp3) is 0.300. The van der Waals surface area contributed by atoms with Gasteiger partial charge in [0.15, 0.2) is 0 Å². The maximum absolute atomic E-state index is 10.8. The molecule has 1 aromatic rings. The number of nitrogens with zero attached hydrogens (tertiary/aromatic N) is 1. The number of pyridine rings is 1. The lowest BCUT2D eigenvalue weighted by atomic mass is 9.94. The second kappa shape index (κ2) is 5.37. The van der Waals surface area contributed by atoms with Crippen molar-refractivity contribution in [2.75, 3.05) is 0 Å². The minimum absolute atomic E-state index is 0. The maximum Gasteiger partial charge on any atom is 0.354 e. The molecular weight excluding hydrogens is 226 g/mol. The number of carbonyl (C=O) groups is 2. The van der Waals surface area contributed by atoms with Crippen LogP contribution in [-0.2, 0) is 11.2 Å². The lowest BCUT2D eigenvalue weighted by molar-refractivity contribution is -0.142. The third kappa shape index (κ3) is 3.82. The van der Waals surface area contributed by atoms with E-state index in [4.69, 9.17) is 15.9 Å². The third-order valence-electron chi connectivity index (χ3n) is 2.10. The van der Waals surface area contributed by atoms with Crippen molar-refractivity contribution in [2.24, 2.45) is 5.73 Å². The number of aromatic nitrogens is 1. The molecule has 1 rings (SSSR count). The van der Waals surface area contributed by atoms with Gasteiger partial charge in [0.1, 0.15) is 11.2 Å². The number of carboxylic acids is 2. The zero-order valence-electron chi connectivity index (χ0n) is 9.38. The molecule has 0 aromatic carbocycles. The first-order chi connectivity index (χ1) is 7.33. The molecule has 7 nitrogen and oxygen atoms in total. The highest BCUT2D eigenvalue weighted by molar-refractivity contribution is 5.85. The van der Waals surface area contributed by atoms with Crippen molar-refractivity contribution in [3.05, 3.63) is 29.6 Å². The van der Waals surface area contributed by atoms with Gasteiger partial charge in [-0.05, 0) is 24.6 Å². The Hall–Kier alpha value is -1.99. The van der Waals surface area contributed by atoms with Gasteiger partial charge in [0.2, 0.25) is 0 Å². The molecular formula is C10H15N3O4. The van der Waals surface area contributed by atoms with E-state index in [1.807, 2.05) is 0 Å². The van der Waals surface area contributed by atoms with Crippen molar-refractivity contribution in [3.8, 4) is 0 Å². The molecule has 0 radical (unpaired) electrons. The van der Waals surface area contributed by atoms with E-state index in [1.54, 1.807) is 6.07 Å². The van der Waals surface area contributed by atoms with Crippen LogP contribution in [0.3, 0.4) is 0 Å². The first-order valence-corrected chi connectivity index (χ1v) is 4.53. The molecule has 1 aromatic heterocycles. The summed E-state index contributed by atoms with van der Waals surface area (Å²) in [6.07, 6.45) is 1.36. The molecule has 17 heavy (non-hydrogen) atoms. The number of hydrogen-bond donors (Lipinski definition) is 4. The number of nitrogens with two attached hydrogens (primary N) is 1. The smallest absolute Gasteiger partial charge is 0.354 e. The lowest BCUT2D eigenvalue weighted by Gasteiger charge is -2.18. The highest BCUT2D eigenvalue weighted by Gasteiger charge is 2.28. The van der Waals surface area contributed by atoms with Crippen LogP contribution >= 0.6 is 0 Å². The fourth-order valence-corrected chi connectivity index (χ4v) is 1.20. The fourth-order valence-electron chi connectivity index (χ4n) is 1.20. The van der Waals surface area contributed by atoms with Gasteiger partial charge in [0, 0.05) is 12.6 Å². The monoisotopic (exact) mass is 241 g/mol. The molecule has 1 atom stereocenters. The quantitative estimate of drug-likeness (QED) is 0.591. The van der Waals surface area contributed by atoms with E-state index in [2.05, 4.69) is 4.98 Å². The topological polar surface area (TPSA) is 149 Å². The predicted molar refractivity (Wildman–Crippen MR) is 60.2 cm³/mol. The van der Waals surface area contributed by atoms with Gasteiger partial charge < -0.3 is 22.1 Å². The summed E-state index contributed by atoms with van der Waals surface area (Å²) in [5, 5.41) is 17.5. The maximum atomic E-state index is 10.8. The van der Waals surface area contributed by atoms with E-state index in [0.717, 1.165) is 0 Å². The molecule has 0 saturated carbocycles. The van der Waals surface area contributed by atoms with Gasteiger partial charge in [0.25, 0.3) is 0 Å². The summed E-state index contributed by atoms with van der Waals surface area (Å²) in [6.45, 7) is 1.37. The Morgan fingerprint density at radius 2 is 2.06 bits per heavy atom. The minimum atomic E-state index is -1.42. The van der Waals surface area contributed by atoms with Gasteiger partial charge in [-0.1, -0.05) is 0 Å². The molecule has 0 bridgehead atoms. The summed E-state index contributed by atoms with van der Waals surface area (Å²) in [5.74, 6) is -2.29. The van der Waals surface area contributed by atoms with Crippen molar-refractivity contribution < 1.29 is 19.8 Å². The Balaban J connectivity index is 0.00000256. The second-order valence-corrected chi connectivity index (χ2v) is 3.75. The van der Waals surface area contributed by atoms with E-state index in [0.29, 0.717) is 5.56 Å². The minimum Gasteiger partial charge on any atom is -0.480 e. The summed E-state index contributed by atoms with van der Waals surface area (Å²) in [6, 6.07) is 2.86. The van der Waals surface area contributed by atoms with Crippen LogP contribution in [0.2, 0.25) is 0 Å². The van der Waals surface area contributed by atoms with Gasteiger partial charge in [-0.3, -0.25) is 4.79 Å². The summed E-state index contributed by atoms with van der Waals surface area (Å²) < 4.78 is 0. The van der Waals surface area contributed by atoms with Crippen molar-refractivity contribution in [2.45, 2.75) is 18.9 Å². The summed E-state index contributed by atoms with van der Waals surface area (Å²) in [4.78, 5) is 25.1. The van der Waals surface area contributed by atoms with Gasteiger partial charge in [-0.15, -0.1) is 0 Å². The Morgan fingerprint density at radius 1 is 1.47 bits per heavy atom. The first kappa shape index (κ1) is 15.0. The number of hydrogen-bond acceptors (Lipinski definition) is 5. The zero-order chi connectivity index (χ0) is 12.3. The predicted octanol–water partition coefficient (Wildman–Crippen LogP) is 0.286. The second-order valence-electron chi connectivity index (χ2n) is 3.75. The van der Waals surface area contributed by atoms with Crippen LogP contribution in [0, 0.1) is 0 Å². The number of carboxylic acid groups (broad SMARTS) is 2. The molecule has 0 fully saturated rings. The molecule has 0 unspecified atom stereocenters. The van der Waals surface area contributed by atoms with Crippen LogP contribution in [-0.4, -0.2) is 32.7 Å². The summed E-state index contributed by atoms with van der Waals surface area (Å²) >= 11 is 0. The first-order valence-electron chi connectivity index (χ1n) is 4.53. The summed E-state index contributed by atoms with van der Waals surface area (Å²) in [7, 11) is 0. The Bertz CT molecular complexity index is 431. The zero-order valence-corrected chi connectivity index (χ0v) is 9.38. The molecule has 0 spiro atoms. The molecule has 7 heteroatoms. The van der Waals surface area contributed by atoms with E-state index >= 15 is 0 Å². The van der Waals surface area contributed by atoms with Crippen LogP contribution < -0.4 is 11.9 Å². The lowest BCUT2D eigenvalue weighted by Crippen LogP contribution is -2.46. The van der Waals surface area contributed by atoms with Crippen LogP contribution in [0.1, 0.15) is 23.0 Å². The number of rotatable bonds is 4. The molecule has 0 saturated heterocycles. The Morgan fingerprint density at radius 3 is 2.53 bits per heavy atom. The Kier molecular flexibility index (Phi) is 4.74. The van der Waals surface area contributed by atoms with Crippen LogP contribution in [0.15, 0.2) is 18.3 Å². The van der Waals surface area contributed by atoms with Crippen LogP contribution in [0.5, 0.6) is 0 Å². The van der Waals surface area contributed by atoms with Crippen LogP contribution in [0.25, 0.3) is 0 Å². The van der Waals surface area contributed by atoms with Crippen LogP contribution in [0.4, 0.5) is 0 Å². The van der Waals surface area contributed by atoms with Gasteiger partial charge >= 0.3 is 11.9 Å². The highest BCUT2D eigenvalue weighted by Crippen LogP contribution is 2.11. The molecule has 0 amide bonds. The van der Waals surface area contributed by atoms with E-state index < -0.39 is 17.5 Å².